The lowest BCUT2D eigenvalue weighted by atomic mass is 10.0. The molecule has 3 heterocycles. The highest BCUT2D eigenvalue weighted by Crippen LogP contribution is 2.31. The van der Waals surface area contributed by atoms with Crippen molar-refractivity contribution in [3.05, 3.63) is 64.6 Å². The van der Waals surface area contributed by atoms with Crippen LogP contribution in [0.25, 0.3) is 11.3 Å². The van der Waals surface area contributed by atoms with Crippen molar-refractivity contribution in [1.82, 2.24) is 24.3 Å². The number of ether oxygens (including phenoxy) is 1. The number of anilines is 1. The van der Waals surface area contributed by atoms with Gasteiger partial charge in [-0.1, -0.05) is 11.6 Å². The predicted octanol–water partition coefficient (Wildman–Crippen LogP) is 3.11. The first kappa shape index (κ1) is 40.0. The quantitative estimate of drug-likeness (QED) is 0.271. The number of hydrogen-bond acceptors (Lipinski definition) is 9. The van der Waals surface area contributed by atoms with Gasteiger partial charge in [-0.15, -0.1) is 0 Å². The van der Waals surface area contributed by atoms with Gasteiger partial charge in [0.1, 0.15) is 6.07 Å². The standard InChI is InChI=1S/C30H28ClF2N7O6.C2HF3O2/c1-37-22(20-4-5-23(46-11-6-34)26(33)25(20)32)13-35-27(37)28(42)36-18-2-3-19(21(31)12-18)29(43)40-9-7-39(8-10-40)24(41)16-38-14-17(15-38)30(44)45;3-2(4,5)1(6)7/h2-5,12-13,17H,7-11,14-16H2,1H3,(H,36,42)(H,44,45);(H,6,7). The number of likely N-dealkylation sites (tertiary alicyclic amines) is 1. The normalized spacial score (nSPS) is 14.7. The number of hydrogen-bond donors (Lipinski definition) is 3. The Morgan fingerprint density at radius 2 is 1.64 bits per heavy atom. The fraction of sp³-hybridized carbons (Fsp3) is 0.344. The highest BCUT2D eigenvalue weighted by atomic mass is 35.5. The summed E-state index contributed by atoms with van der Waals surface area (Å²) in [6, 6.07) is 8.47. The number of piperazine rings is 1. The van der Waals surface area contributed by atoms with Crippen molar-refractivity contribution >= 4 is 46.9 Å². The molecular formula is C32H29ClF5N7O8. The molecule has 0 atom stereocenters. The fourth-order valence-corrected chi connectivity index (χ4v) is 5.51. The molecule has 0 saturated carbocycles. The number of nitrogens with zero attached hydrogens (tertiary/aromatic N) is 6. The number of imidazole rings is 1. The van der Waals surface area contributed by atoms with Gasteiger partial charge in [0.2, 0.25) is 11.7 Å². The molecule has 1 aromatic heterocycles. The number of aromatic nitrogens is 2. The van der Waals surface area contributed by atoms with E-state index in [9.17, 15) is 41.1 Å². The number of nitriles is 1. The van der Waals surface area contributed by atoms with Gasteiger partial charge in [-0.05, 0) is 30.3 Å². The maximum Gasteiger partial charge on any atom is 0.490 e. The van der Waals surface area contributed by atoms with Crippen molar-refractivity contribution in [2.24, 2.45) is 13.0 Å². The number of carbonyl (C=O) groups is 5. The number of amides is 3. The first-order valence-corrected chi connectivity index (χ1v) is 15.7. The van der Waals surface area contributed by atoms with Crippen LogP contribution in [0.2, 0.25) is 5.02 Å². The molecule has 0 bridgehead atoms. The molecule has 53 heavy (non-hydrogen) atoms. The van der Waals surface area contributed by atoms with Gasteiger partial charge in [0, 0.05) is 57.6 Å². The van der Waals surface area contributed by atoms with E-state index in [2.05, 4.69) is 10.3 Å². The topological polar surface area (TPSA) is 198 Å². The smallest absolute Gasteiger partial charge is 0.481 e. The van der Waals surface area contributed by atoms with Crippen molar-refractivity contribution in [2.45, 2.75) is 6.18 Å². The maximum atomic E-state index is 14.8. The Morgan fingerprint density at radius 3 is 2.21 bits per heavy atom. The van der Waals surface area contributed by atoms with E-state index in [0.717, 1.165) is 0 Å². The fourth-order valence-electron chi connectivity index (χ4n) is 5.25. The van der Waals surface area contributed by atoms with E-state index in [1.165, 1.54) is 48.1 Å². The van der Waals surface area contributed by atoms with Crippen LogP contribution in [0.5, 0.6) is 5.75 Å². The summed E-state index contributed by atoms with van der Waals surface area (Å²) in [7, 11) is 1.45. The molecule has 0 unspecified atom stereocenters. The zero-order chi connectivity index (χ0) is 39.2. The lowest BCUT2D eigenvalue weighted by molar-refractivity contribution is -0.192. The van der Waals surface area contributed by atoms with Gasteiger partial charge < -0.3 is 34.6 Å². The van der Waals surface area contributed by atoms with Crippen LogP contribution in [-0.2, 0) is 21.4 Å². The third kappa shape index (κ3) is 9.55. The van der Waals surface area contributed by atoms with E-state index < -0.39 is 53.9 Å². The minimum atomic E-state index is -5.08. The summed E-state index contributed by atoms with van der Waals surface area (Å²) in [5.74, 6) is -8.24. The zero-order valence-electron chi connectivity index (χ0n) is 27.5. The van der Waals surface area contributed by atoms with Crippen molar-refractivity contribution in [2.75, 3.05) is 57.7 Å². The highest BCUT2D eigenvalue weighted by Gasteiger charge is 2.38. The Hall–Kier alpha value is -5.81. The first-order valence-electron chi connectivity index (χ1n) is 15.4. The molecule has 0 radical (unpaired) electrons. The number of carbonyl (C=O) groups excluding carboxylic acids is 3. The largest absolute Gasteiger partial charge is 0.490 e. The summed E-state index contributed by atoms with van der Waals surface area (Å²) >= 11 is 6.42. The van der Waals surface area contributed by atoms with Crippen molar-refractivity contribution in [1.29, 1.82) is 5.26 Å². The summed E-state index contributed by atoms with van der Waals surface area (Å²) in [5.41, 5.74) is 0.413. The third-order valence-electron chi connectivity index (χ3n) is 8.09. The molecule has 0 aliphatic carbocycles. The van der Waals surface area contributed by atoms with Crippen molar-refractivity contribution in [3.8, 4) is 23.1 Å². The van der Waals surface area contributed by atoms with Gasteiger partial charge in [-0.3, -0.25) is 24.1 Å². The second-order valence-corrected chi connectivity index (χ2v) is 12.0. The summed E-state index contributed by atoms with van der Waals surface area (Å²) in [5, 5.41) is 27.4. The SMILES string of the molecule is Cn1c(-c2ccc(OCC#N)c(F)c2F)cnc1C(=O)Nc1ccc(C(=O)N2CCN(C(=O)CN3CC(C(=O)O)C3)CC2)c(Cl)c1.O=C(O)C(F)(F)F. The minimum Gasteiger partial charge on any atom is -0.481 e. The summed E-state index contributed by atoms with van der Waals surface area (Å²) in [6.07, 6.45) is -3.87. The van der Waals surface area contributed by atoms with Crippen LogP contribution in [0, 0.1) is 28.9 Å². The molecule has 15 nitrogen and oxygen atoms in total. The number of alkyl halides is 3. The number of carboxylic acids is 2. The van der Waals surface area contributed by atoms with Gasteiger partial charge in [0.15, 0.2) is 24.0 Å². The van der Waals surface area contributed by atoms with Gasteiger partial charge in [-0.25, -0.2) is 14.2 Å². The van der Waals surface area contributed by atoms with Crippen LogP contribution < -0.4 is 10.1 Å². The number of halogens is 6. The van der Waals surface area contributed by atoms with E-state index in [1.54, 1.807) is 20.8 Å². The van der Waals surface area contributed by atoms with Crippen LogP contribution in [0.15, 0.2) is 36.5 Å². The van der Waals surface area contributed by atoms with E-state index in [1.807, 2.05) is 0 Å². The molecular weight excluding hydrogens is 741 g/mol. The second-order valence-electron chi connectivity index (χ2n) is 11.6. The highest BCUT2D eigenvalue weighted by molar-refractivity contribution is 6.34. The van der Waals surface area contributed by atoms with Crippen molar-refractivity contribution < 1.29 is 60.9 Å². The van der Waals surface area contributed by atoms with E-state index in [0.29, 0.717) is 39.3 Å². The lowest BCUT2D eigenvalue weighted by Gasteiger charge is -2.39. The lowest BCUT2D eigenvalue weighted by Crippen LogP contribution is -2.56. The van der Waals surface area contributed by atoms with Gasteiger partial charge in [0.05, 0.1) is 34.9 Å². The van der Waals surface area contributed by atoms with E-state index >= 15 is 0 Å². The number of nitrogens with one attached hydrogen (secondary N) is 1. The Kier molecular flexibility index (Phi) is 12.6. The van der Waals surface area contributed by atoms with Crippen LogP contribution >= 0.6 is 11.6 Å². The number of benzene rings is 2. The number of aliphatic carboxylic acids is 2. The molecule has 2 fully saturated rings. The molecule has 3 amide bonds. The molecule has 3 N–H and O–H groups in total. The van der Waals surface area contributed by atoms with Crippen LogP contribution in [-0.4, -0.2) is 123 Å². The van der Waals surface area contributed by atoms with E-state index in [4.69, 9.17) is 36.6 Å². The van der Waals surface area contributed by atoms with Gasteiger partial charge >= 0.3 is 18.1 Å². The van der Waals surface area contributed by atoms with Gasteiger partial charge in [-0.2, -0.15) is 22.8 Å². The summed E-state index contributed by atoms with van der Waals surface area (Å²) in [4.78, 5) is 67.7. The zero-order valence-corrected chi connectivity index (χ0v) is 28.2. The number of rotatable bonds is 9. The Labute approximate surface area is 301 Å². The molecule has 2 aromatic carbocycles. The average Bonchev–Trinajstić information content (AvgIpc) is 3.47. The molecule has 21 heteroatoms. The Bertz CT molecular complexity index is 1950. The monoisotopic (exact) mass is 769 g/mol. The minimum absolute atomic E-state index is 0.0869. The maximum absolute atomic E-state index is 14.8. The summed E-state index contributed by atoms with van der Waals surface area (Å²) in [6.45, 7) is 1.60. The third-order valence-corrected chi connectivity index (χ3v) is 8.40. The molecule has 2 aliphatic rings. The van der Waals surface area contributed by atoms with E-state index in [-0.39, 0.29) is 51.7 Å². The number of carboxylic acid groups (broad SMARTS) is 2. The Balaban J connectivity index is 0.000000815. The van der Waals surface area contributed by atoms with Crippen LogP contribution in [0.1, 0.15) is 21.0 Å². The van der Waals surface area contributed by atoms with Gasteiger partial charge in [0.25, 0.3) is 11.8 Å². The molecule has 3 aromatic rings. The van der Waals surface area contributed by atoms with Crippen LogP contribution in [0.4, 0.5) is 27.6 Å². The molecule has 282 valence electrons. The Morgan fingerprint density at radius 1 is 1.02 bits per heavy atom. The predicted molar refractivity (Wildman–Crippen MR) is 173 cm³/mol. The summed E-state index contributed by atoms with van der Waals surface area (Å²) < 4.78 is 67.1. The molecule has 5 rings (SSSR count). The molecule has 2 saturated heterocycles. The molecule has 0 spiro atoms. The van der Waals surface area contributed by atoms with Crippen LogP contribution in [0.3, 0.4) is 0 Å². The molecule has 2 aliphatic heterocycles. The van der Waals surface area contributed by atoms with Crippen molar-refractivity contribution in [3.63, 3.8) is 0 Å². The average molecular weight is 770 g/mol. The second kappa shape index (κ2) is 16.7. The first-order chi connectivity index (χ1) is 24.9.